The van der Waals surface area contributed by atoms with Crippen molar-refractivity contribution in [3.05, 3.63) is 27.7 Å². The first kappa shape index (κ1) is 14.4. The summed E-state index contributed by atoms with van der Waals surface area (Å²) in [6.45, 7) is 2.49. The zero-order chi connectivity index (χ0) is 13.9. The van der Waals surface area contributed by atoms with Gasteiger partial charge in [-0.25, -0.2) is 0 Å². The van der Waals surface area contributed by atoms with Crippen LogP contribution < -0.4 is 15.8 Å². The van der Waals surface area contributed by atoms with E-state index in [1.54, 1.807) is 0 Å². The third-order valence-corrected chi connectivity index (χ3v) is 5.05. The van der Waals surface area contributed by atoms with Crippen molar-refractivity contribution in [3.63, 3.8) is 0 Å². The molecule has 1 aromatic rings. The van der Waals surface area contributed by atoms with Crippen molar-refractivity contribution < 1.29 is 4.74 Å². The second-order valence-corrected chi connectivity index (χ2v) is 6.83. The van der Waals surface area contributed by atoms with Crippen molar-refractivity contribution >= 4 is 15.9 Å². The molecule has 0 spiro atoms. The molecule has 1 heterocycles. The van der Waals surface area contributed by atoms with Gasteiger partial charge in [-0.3, -0.25) is 0 Å². The van der Waals surface area contributed by atoms with Crippen molar-refractivity contribution in [2.75, 3.05) is 13.2 Å². The Kier molecular flexibility index (Phi) is 4.64. The second kappa shape index (κ2) is 6.46. The first-order valence-corrected chi connectivity index (χ1v) is 8.45. The third-order valence-electron chi connectivity index (χ3n) is 4.59. The molecule has 3 N–H and O–H groups in total. The summed E-state index contributed by atoms with van der Waals surface area (Å²) < 4.78 is 6.94. The van der Waals surface area contributed by atoms with Crippen LogP contribution >= 0.6 is 15.9 Å². The summed E-state index contributed by atoms with van der Waals surface area (Å²) in [4.78, 5) is 0. The van der Waals surface area contributed by atoms with Crippen molar-refractivity contribution in [1.29, 1.82) is 0 Å². The lowest BCUT2D eigenvalue weighted by Crippen LogP contribution is -2.41. The Morgan fingerprint density at radius 1 is 1.30 bits per heavy atom. The zero-order valence-electron chi connectivity index (χ0n) is 11.8. The van der Waals surface area contributed by atoms with E-state index < -0.39 is 0 Å². The minimum atomic E-state index is 0.560. The number of hydrogen-bond acceptors (Lipinski definition) is 3. The highest BCUT2D eigenvalue weighted by molar-refractivity contribution is 9.10. The molecule has 2 aliphatic rings. The second-order valence-electron chi connectivity index (χ2n) is 5.92. The molecule has 0 amide bonds. The number of benzene rings is 1. The molecule has 0 saturated heterocycles. The summed E-state index contributed by atoms with van der Waals surface area (Å²) in [7, 11) is 0. The van der Waals surface area contributed by atoms with Gasteiger partial charge in [0.25, 0.3) is 0 Å². The summed E-state index contributed by atoms with van der Waals surface area (Å²) in [5, 5.41) is 3.72. The van der Waals surface area contributed by atoms with Gasteiger partial charge >= 0.3 is 0 Å². The lowest BCUT2D eigenvalue weighted by Gasteiger charge is -2.31. The molecule has 2 unspecified atom stereocenters. The zero-order valence-corrected chi connectivity index (χ0v) is 13.4. The average Bonchev–Trinajstić information content (AvgIpc) is 2.93. The number of nitrogens with one attached hydrogen (secondary N) is 1. The molecule has 0 bridgehead atoms. The lowest BCUT2D eigenvalue weighted by molar-refractivity contribution is 0.265. The van der Waals surface area contributed by atoms with Crippen LogP contribution in [-0.4, -0.2) is 19.2 Å². The predicted molar refractivity (Wildman–Crippen MR) is 85.0 cm³/mol. The molecular formula is C16H23BrN2O. The van der Waals surface area contributed by atoms with E-state index >= 15 is 0 Å². The fraction of sp³-hybridized carbons (Fsp3) is 0.625. The van der Waals surface area contributed by atoms with Gasteiger partial charge in [0.05, 0.1) is 6.61 Å². The van der Waals surface area contributed by atoms with Gasteiger partial charge in [-0.05, 0) is 43.0 Å². The minimum Gasteiger partial charge on any atom is -0.493 e. The van der Waals surface area contributed by atoms with Crippen molar-refractivity contribution in [1.82, 2.24) is 5.32 Å². The highest BCUT2D eigenvalue weighted by Gasteiger charge is 2.24. The van der Waals surface area contributed by atoms with E-state index in [2.05, 4.69) is 33.4 Å². The number of nitrogens with two attached hydrogens (primary N) is 1. The van der Waals surface area contributed by atoms with Crippen LogP contribution in [0.2, 0.25) is 0 Å². The van der Waals surface area contributed by atoms with Crippen LogP contribution in [-0.2, 0) is 13.0 Å². The Balaban J connectivity index is 1.69. The van der Waals surface area contributed by atoms with Gasteiger partial charge in [0, 0.05) is 29.0 Å². The van der Waals surface area contributed by atoms with E-state index in [-0.39, 0.29) is 0 Å². The smallest absolute Gasteiger partial charge is 0.127 e. The standard InChI is InChI=1S/C16H23BrN2O/c17-14-7-11-5-6-20-16(11)13(8-14)10-19-15-4-2-1-3-12(15)9-18/h7-8,12,15,19H,1-6,9-10,18H2. The van der Waals surface area contributed by atoms with Crippen molar-refractivity contribution in [2.45, 2.75) is 44.7 Å². The maximum Gasteiger partial charge on any atom is 0.127 e. The van der Waals surface area contributed by atoms with Gasteiger partial charge in [0.2, 0.25) is 0 Å². The number of ether oxygens (including phenoxy) is 1. The molecule has 3 rings (SSSR count). The highest BCUT2D eigenvalue weighted by atomic mass is 79.9. The Labute approximate surface area is 129 Å². The minimum absolute atomic E-state index is 0.560. The summed E-state index contributed by atoms with van der Waals surface area (Å²) in [6, 6.07) is 4.91. The molecule has 1 aliphatic carbocycles. The van der Waals surface area contributed by atoms with Crippen LogP contribution in [0, 0.1) is 5.92 Å². The Morgan fingerprint density at radius 3 is 3.00 bits per heavy atom. The quantitative estimate of drug-likeness (QED) is 0.887. The Bertz CT molecular complexity index is 478. The van der Waals surface area contributed by atoms with E-state index in [0.29, 0.717) is 12.0 Å². The molecule has 3 nitrogen and oxygen atoms in total. The maximum absolute atomic E-state index is 5.90. The van der Waals surface area contributed by atoms with E-state index in [0.717, 1.165) is 36.3 Å². The van der Waals surface area contributed by atoms with Gasteiger partial charge in [0.15, 0.2) is 0 Å². The van der Waals surface area contributed by atoms with Crippen LogP contribution in [0.25, 0.3) is 0 Å². The Morgan fingerprint density at radius 2 is 2.15 bits per heavy atom. The molecule has 4 heteroatoms. The molecule has 1 fully saturated rings. The monoisotopic (exact) mass is 338 g/mol. The lowest BCUT2D eigenvalue weighted by atomic mass is 9.84. The van der Waals surface area contributed by atoms with Crippen molar-refractivity contribution in [2.24, 2.45) is 11.7 Å². The Hall–Kier alpha value is -0.580. The number of rotatable bonds is 4. The van der Waals surface area contributed by atoms with Crippen molar-refractivity contribution in [3.8, 4) is 5.75 Å². The van der Waals surface area contributed by atoms with Crippen LogP contribution in [0.3, 0.4) is 0 Å². The first-order valence-electron chi connectivity index (χ1n) is 7.65. The molecule has 1 aliphatic heterocycles. The fourth-order valence-corrected chi connectivity index (χ4v) is 4.03. The van der Waals surface area contributed by atoms with Crippen LogP contribution in [0.4, 0.5) is 0 Å². The van der Waals surface area contributed by atoms with Crippen LogP contribution in [0.1, 0.15) is 36.8 Å². The molecular weight excluding hydrogens is 316 g/mol. The molecule has 110 valence electrons. The molecule has 1 saturated carbocycles. The number of halogens is 1. The van der Waals surface area contributed by atoms with E-state index in [9.17, 15) is 0 Å². The average molecular weight is 339 g/mol. The number of fused-ring (bicyclic) bond motifs is 1. The maximum atomic E-state index is 5.90. The highest BCUT2D eigenvalue weighted by Crippen LogP contribution is 2.33. The van der Waals surface area contributed by atoms with Crippen LogP contribution in [0.5, 0.6) is 5.75 Å². The van der Waals surface area contributed by atoms with Gasteiger partial charge < -0.3 is 15.8 Å². The summed E-state index contributed by atoms with van der Waals surface area (Å²) >= 11 is 3.60. The molecule has 20 heavy (non-hydrogen) atoms. The molecule has 0 radical (unpaired) electrons. The van der Waals surface area contributed by atoms with Gasteiger partial charge in [-0.15, -0.1) is 0 Å². The third kappa shape index (κ3) is 3.02. The summed E-state index contributed by atoms with van der Waals surface area (Å²) in [5.41, 5.74) is 8.51. The predicted octanol–water partition coefficient (Wildman–Crippen LogP) is 2.99. The SMILES string of the molecule is NCC1CCCCC1NCc1cc(Br)cc2c1OCC2. The normalized spacial score (nSPS) is 25.3. The number of hydrogen-bond donors (Lipinski definition) is 2. The van der Waals surface area contributed by atoms with E-state index in [1.165, 1.54) is 36.8 Å². The topological polar surface area (TPSA) is 47.3 Å². The largest absolute Gasteiger partial charge is 0.493 e. The van der Waals surface area contributed by atoms with Gasteiger partial charge in [-0.1, -0.05) is 28.8 Å². The van der Waals surface area contributed by atoms with E-state index in [1.807, 2.05) is 0 Å². The molecule has 2 atom stereocenters. The molecule has 0 aromatic heterocycles. The fourth-order valence-electron chi connectivity index (χ4n) is 3.48. The van der Waals surface area contributed by atoms with Crippen LogP contribution in [0.15, 0.2) is 16.6 Å². The van der Waals surface area contributed by atoms with Gasteiger partial charge in [-0.2, -0.15) is 0 Å². The summed E-state index contributed by atoms with van der Waals surface area (Å²) in [5.74, 6) is 1.73. The summed E-state index contributed by atoms with van der Waals surface area (Å²) in [6.07, 6.45) is 6.19. The molecule has 1 aromatic carbocycles. The van der Waals surface area contributed by atoms with Gasteiger partial charge in [0.1, 0.15) is 5.75 Å². The van der Waals surface area contributed by atoms with E-state index in [4.69, 9.17) is 10.5 Å². The first-order chi connectivity index (χ1) is 9.78.